The van der Waals surface area contributed by atoms with Crippen LogP contribution in [0.1, 0.15) is 46.0 Å². The van der Waals surface area contributed by atoms with Crippen molar-refractivity contribution in [3.8, 4) is 0 Å². The van der Waals surface area contributed by atoms with Crippen LogP contribution in [-0.4, -0.2) is 29.2 Å². The van der Waals surface area contributed by atoms with Crippen LogP contribution in [0, 0.1) is 0 Å². The van der Waals surface area contributed by atoms with Gasteiger partial charge in [-0.3, -0.25) is 0 Å². The second-order valence-electron chi connectivity index (χ2n) is 4.94. The molecule has 1 N–H and O–H groups in total. The van der Waals surface area contributed by atoms with E-state index in [1.807, 2.05) is 0 Å². The van der Waals surface area contributed by atoms with E-state index in [4.69, 9.17) is 14.6 Å². The van der Waals surface area contributed by atoms with Crippen LogP contribution in [0.2, 0.25) is 0 Å². The lowest BCUT2D eigenvalue weighted by Crippen LogP contribution is -2.34. The summed E-state index contributed by atoms with van der Waals surface area (Å²) in [5, 5.41) is 8.95. The SMILES string of the molecule is CC1(C)OC2(CCCC2)O[C@@H]1CCO. The number of aliphatic hydroxyl groups is 1. The van der Waals surface area contributed by atoms with Crippen molar-refractivity contribution < 1.29 is 14.6 Å². The van der Waals surface area contributed by atoms with Gasteiger partial charge < -0.3 is 14.6 Å². The van der Waals surface area contributed by atoms with Crippen LogP contribution in [0.3, 0.4) is 0 Å². The smallest absolute Gasteiger partial charge is 0.169 e. The van der Waals surface area contributed by atoms with Crippen LogP contribution >= 0.6 is 0 Å². The molecule has 2 fully saturated rings. The van der Waals surface area contributed by atoms with Crippen LogP contribution in [-0.2, 0) is 9.47 Å². The third-order valence-corrected chi connectivity index (χ3v) is 3.34. The van der Waals surface area contributed by atoms with Crippen molar-refractivity contribution in [3.05, 3.63) is 0 Å². The van der Waals surface area contributed by atoms with Gasteiger partial charge in [0.2, 0.25) is 0 Å². The van der Waals surface area contributed by atoms with Crippen LogP contribution in [0.15, 0.2) is 0 Å². The normalized spacial score (nSPS) is 34.1. The molecule has 0 radical (unpaired) electrons. The maximum absolute atomic E-state index is 8.95. The number of rotatable bonds is 2. The molecule has 0 unspecified atom stereocenters. The van der Waals surface area contributed by atoms with Crippen molar-refractivity contribution in [1.29, 1.82) is 0 Å². The molecule has 1 heterocycles. The quantitative estimate of drug-likeness (QED) is 0.739. The Morgan fingerprint density at radius 1 is 1.29 bits per heavy atom. The van der Waals surface area contributed by atoms with Gasteiger partial charge in [0.25, 0.3) is 0 Å². The zero-order valence-corrected chi connectivity index (χ0v) is 9.08. The third kappa shape index (κ3) is 1.69. The molecule has 0 amide bonds. The van der Waals surface area contributed by atoms with E-state index >= 15 is 0 Å². The number of ether oxygens (including phenoxy) is 2. The summed E-state index contributed by atoms with van der Waals surface area (Å²) in [6.07, 6.45) is 5.14. The van der Waals surface area contributed by atoms with Crippen molar-refractivity contribution in [1.82, 2.24) is 0 Å². The van der Waals surface area contributed by atoms with Gasteiger partial charge in [-0.25, -0.2) is 0 Å². The minimum atomic E-state index is -0.316. The standard InChI is InChI=1S/C11H20O3/c1-10(2)9(5-8-12)13-11(14-10)6-3-4-7-11/h9,12H,3-8H2,1-2H3/t9-/m1/s1. The van der Waals surface area contributed by atoms with Gasteiger partial charge in [-0.05, 0) is 33.1 Å². The molecule has 82 valence electrons. The highest BCUT2D eigenvalue weighted by Gasteiger charge is 2.52. The summed E-state index contributed by atoms with van der Waals surface area (Å²) in [7, 11) is 0. The molecular weight excluding hydrogens is 180 g/mol. The largest absolute Gasteiger partial charge is 0.396 e. The molecule has 1 atom stereocenters. The average molecular weight is 200 g/mol. The van der Waals surface area contributed by atoms with Crippen molar-refractivity contribution >= 4 is 0 Å². The highest BCUT2D eigenvalue weighted by molar-refractivity contribution is 4.94. The lowest BCUT2D eigenvalue weighted by Gasteiger charge is -2.24. The van der Waals surface area contributed by atoms with E-state index in [0.717, 1.165) is 12.8 Å². The molecule has 2 aliphatic rings. The Hall–Kier alpha value is -0.120. The zero-order chi connectivity index (χ0) is 10.2. The lowest BCUT2D eigenvalue weighted by atomic mass is 10.00. The van der Waals surface area contributed by atoms with Gasteiger partial charge >= 0.3 is 0 Å². The molecule has 1 aliphatic heterocycles. The lowest BCUT2D eigenvalue weighted by molar-refractivity contribution is -0.179. The highest BCUT2D eigenvalue weighted by atomic mass is 16.8. The molecule has 0 aromatic rings. The maximum Gasteiger partial charge on any atom is 0.169 e. The zero-order valence-electron chi connectivity index (χ0n) is 9.08. The second-order valence-corrected chi connectivity index (χ2v) is 4.94. The molecule has 0 bridgehead atoms. The van der Waals surface area contributed by atoms with Crippen LogP contribution in [0.4, 0.5) is 0 Å². The van der Waals surface area contributed by atoms with Crippen molar-refractivity contribution in [2.24, 2.45) is 0 Å². The molecule has 3 nitrogen and oxygen atoms in total. The van der Waals surface area contributed by atoms with Gasteiger partial charge in [0.1, 0.15) is 0 Å². The first-order valence-corrected chi connectivity index (χ1v) is 5.57. The van der Waals surface area contributed by atoms with Gasteiger partial charge in [-0.15, -0.1) is 0 Å². The van der Waals surface area contributed by atoms with Crippen LogP contribution in [0.25, 0.3) is 0 Å². The first-order valence-electron chi connectivity index (χ1n) is 5.57. The summed E-state index contributed by atoms with van der Waals surface area (Å²) in [6, 6.07) is 0. The molecule has 1 spiro atoms. The topological polar surface area (TPSA) is 38.7 Å². The second kappa shape index (κ2) is 3.47. The summed E-state index contributed by atoms with van der Waals surface area (Å²) in [6.45, 7) is 4.29. The number of hydrogen-bond acceptors (Lipinski definition) is 3. The fourth-order valence-electron chi connectivity index (χ4n) is 2.63. The minimum absolute atomic E-state index is 0.0469. The predicted molar refractivity (Wildman–Crippen MR) is 52.9 cm³/mol. The Balaban J connectivity index is 2.07. The fourth-order valence-corrected chi connectivity index (χ4v) is 2.63. The van der Waals surface area contributed by atoms with Crippen molar-refractivity contribution in [2.45, 2.75) is 63.4 Å². The summed E-state index contributed by atoms with van der Waals surface area (Å²) >= 11 is 0. The van der Waals surface area contributed by atoms with Gasteiger partial charge in [0.05, 0.1) is 11.7 Å². The van der Waals surface area contributed by atoms with E-state index < -0.39 is 0 Å². The molecule has 0 aromatic heterocycles. The molecule has 0 aromatic carbocycles. The monoisotopic (exact) mass is 200 g/mol. The van der Waals surface area contributed by atoms with Gasteiger partial charge in [0, 0.05) is 19.4 Å². The Morgan fingerprint density at radius 2 is 1.93 bits per heavy atom. The molecule has 1 saturated heterocycles. The average Bonchev–Trinajstić information content (AvgIpc) is 2.60. The molecule has 1 saturated carbocycles. The van der Waals surface area contributed by atoms with E-state index in [1.54, 1.807) is 0 Å². The molecule has 1 aliphatic carbocycles. The first-order chi connectivity index (χ1) is 6.58. The highest BCUT2D eigenvalue weighted by Crippen LogP contribution is 2.46. The summed E-state index contributed by atoms with van der Waals surface area (Å²) in [4.78, 5) is 0. The van der Waals surface area contributed by atoms with Crippen molar-refractivity contribution in [3.63, 3.8) is 0 Å². The Kier molecular flexibility index (Phi) is 2.58. The molecule has 3 heteroatoms. The molecule has 2 rings (SSSR count). The first kappa shape index (κ1) is 10.4. The Morgan fingerprint density at radius 3 is 2.50 bits per heavy atom. The number of aliphatic hydroxyl groups excluding tert-OH is 1. The van der Waals surface area contributed by atoms with Crippen molar-refractivity contribution in [2.75, 3.05) is 6.61 Å². The summed E-state index contributed by atoms with van der Waals surface area (Å²) in [5.74, 6) is -0.316. The van der Waals surface area contributed by atoms with E-state index in [0.29, 0.717) is 6.42 Å². The maximum atomic E-state index is 8.95. The van der Waals surface area contributed by atoms with E-state index in [1.165, 1.54) is 12.8 Å². The third-order valence-electron chi connectivity index (χ3n) is 3.34. The molecule has 14 heavy (non-hydrogen) atoms. The van der Waals surface area contributed by atoms with Crippen LogP contribution in [0.5, 0.6) is 0 Å². The summed E-state index contributed by atoms with van der Waals surface area (Å²) < 4.78 is 12.0. The van der Waals surface area contributed by atoms with E-state index in [-0.39, 0.29) is 24.1 Å². The summed E-state index contributed by atoms with van der Waals surface area (Å²) in [5.41, 5.74) is -0.243. The number of hydrogen-bond donors (Lipinski definition) is 1. The van der Waals surface area contributed by atoms with Gasteiger partial charge in [-0.1, -0.05) is 0 Å². The predicted octanol–water partition coefficient (Wildman–Crippen LogP) is 1.83. The van der Waals surface area contributed by atoms with Gasteiger partial charge in [-0.2, -0.15) is 0 Å². The Bertz CT molecular complexity index is 207. The van der Waals surface area contributed by atoms with E-state index in [2.05, 4.69) is 13.8 Å². The van der Waals surface area contributed by atoms with Gasteiger partial charge in [0.15, 0.2) is 5.79 Å². The van der Waals surface area contributed by atoms with Crippen LogP contribution < -0.4 is 0 Å². The Labute approximate surface area is 85.4 Å². The van der Waals surface area contributed by atoms with E-state index in [9.17, 15) is 0 Å². The minimum Gasteiger partial charge on any atom is -0.396 e. The molecular formula is C11H20O3. The fraction of sp³-hybridized carbons (Fsp3) is 1.00.